The summed E-state index contributed by atoms with van der Waals surface area (Å²) >= 11 is 6.06. The predicted molar refractivity (Wildman–Crippen MR) is 124 cm³/mol. The van der Waals surface area contributed by atoms with Gasteiger partial charge in [0.25, 0.3) is 0 Å². The second-order valence-corrected chi connectivity index (χ2v) is 6.37. The number of anilines is 1. The number of halogens is 3. The van der Waals surface area contributed by atoms with Crippen molar-refractivity contribution in [2.45, 2.75) is 26.8 Å². The zero-order chi connectivity index (χ0) is 19.6. The summed E-state index contributed by atoms with van der Waals surface area (Å²) in [6.45, 7) is 5.37. The average Bonchev–Trinajstić information content (AvgIpc) is 2.65. The van der Waals surface area contributed by atoms with E-state index >= 15 is 0 Å². The summed E-state index contributed by atoms with van der Waals surface area (Å²) in [6, 6.07) is 11.6. The highest BCUT2D eigenvalue weighted by Crippen LogP contribution is 2.22. The van der Waals surface area contributed by atoms with Gasteiger partial charge >= 0.3 is 0 Å². The maximum absolute atomic E-state index is 12.9. The van der Waals surface area contributed by atoms with Crippen LogP contribution in [0.2, 0.25) is 5.02 Å². The fourth-order valence-electron chi connectivity index (χ4n) is 2.35. The second kappa shape index (κ2) is 12.6. The largest absolute Gasteiger partial charge is 0.357 e. The summed E-state index contributed by atoms with van der Waals surface area (Å²) in [4.78, 5) is 16.6. The van der Waals surface area contributed by atoms with Crippen molar-refractivity contribution in [2.75, 3.05) is 18.4 Å². The van der Waals surface area contributed by atoms with Gasteiger partial charge in [0.2, 0.25) is 5.91 Å². The van der Waals surface area contributed by atoms with Crippen molar-refractivity contribution < 1.29 is 9.18 Å². The van der Waals surface area contributed by atoms with Gasteiger partial charge in [-0.3, -0.25) is 4.79 Å². The number of hydrogen-bond acceptors (Lipinski definition) is 2. The topological polar surface area (TPSA) is 65.5 Å². The molecule has 2 aromatic carbocycles. The molecule has 0 atom stereocenters. The number of carbonyl (C=O) groups excluding carboxylic acids is 1. The molecule has 152 valence electrons. The Labute approximate surface area is 187 Å². The van der Waals surface area contributed by atoms with E-state index in [9.17, 15) is 9.18 Å². The lowest BCUT2D eigenvalue weighted by molar-refractivity contribution is -0.116. The zero-order valence-corrected chi connectivity index (χ0v) is 19.0. The van der Waals surface area contributed by atoms with E-state index in [1.165, 1.54) is 12.1 Å². The summed E-state index contributed by atoms with van der Waals surface area (Å²) in [5.74, 6) is 0.226. The molecule has 0 spiro atoms. The molecule has 0 aliphatic heterocycles. The Morgan fingerprint density at radius 1 is 1.14 bits per heavy atom. The molecular weight excluding hydrogens is 494 g/mol. The Morgan fingerprint density at radius 3 is 2.54 bits per heavy atom. The van der Waals surface area contributed by atoms with E-state index in [0.29, 0.717) is 36.3 Å². The Kier molecular flexibility index (Phi) is 10.8. The smallest absolute Gasteiger partial charge is 0.226 e. The molecule has 0 unspecified atom stereocenters. The average molecular weight is 519 g/mol. The van der Waals surface area contributed by atoms with Crippen molar-refractivity contribution >= 4 is 53.1 Å². The molecule has 28 heavy (non-hydrogen) atoms. The maximum atomic E-state index is 12.9. The minimum atomic E-state index is -0.270. The number of amides is 1. The van der Waals surface area contributed by atoms with Gasteiger partial charge in [-0.1, -0.05) is 29.8 Å². The van der Waals surface area contributed by atoms with E-state index in [2.05, 4.69) is 20.9 Å². The third-order valence-corrected chi connectivity index (χ3v) is 4.27. The van der Waals surface area contributed by atoms with E-state index in [0.717, 1.165) is 11.1 Å². The number of aliphatic imine (C=N–C) groups is 1. The molecule has 3 N–H and O–H groups in total. The lowest BCUT2D eigenvalue weighted by Gasteiger charge is -2.12. The number of nitrogens with zero attached hydrogens (tertiary/aromatic N) is 1. The van der Waals surface area contributed by atoms with Crippen LogP contribution in [0.15, 0.2) is 47.5 Å². The molecule has 0 heterocycles. The van der Waals surface area contributed by atoms with Gasteiger partial charge in [-0.2, -0.15) is 0 Å². The van der Waals surface area contributed by atoms with Crippen LogP contribution in [0.5, 0.6) is 0 Å². The van der Waals surface area contributed by atoms with Crippen LogP contribution in [0.1, 0.15) is 24.5 Å². The van der Waals surface area contributed by atoms with Crippen LogP contribution in [0.4, 0.5) is 10.1 Å². The number of guanidine groups is 1. The highest BCUT2D eigenvalue weighted by Gasteiger charge is 2.07. The van der Waals surface area contributed by atoms with Crippen LogP contribution < -0.4 is 16.0 Å². The van der Waals surface area contributed by atoms with E-state index in [1.54, 1.807) is 24.3 Å². The molecule has 0 aromatic heterocycles. The van der Waals surface area contributed by atoms with Crippen molar-refractivity contribution in [3.8, 4) is 0 Å². The van der Waals surface area contributed by atoms with Gasteiger partial charge in [0.1, 0.15) is 5.82 Å². The molecule has 0 saturated heterocycles. The van der Waals surface area contributed by atoms with Crippen molar-refractivity contribution in [3.63, 3.8) is 0 Å². The third kappa shape index (κ3) is 8.02. The molecule has 8 heteroatoms. The summed E-state index contributed by atoms with van der Waals surface area (Å²) < 4.78 is 12.9. The molecule has 0 radical (unpaired) electrons. The second-order valence-electron chi connectivity index (χ2n) is 5.96. The molecule has 0 saturated carbocycles. The van der Waals surface area contributed by atoms with Crippen molar-refractivity contribution in [3.05, 3.63) is 64.4 Å². The molecule has 0 aliphatic carbocycles. The number of rotatable bonds is 7. The van der Waals surface area contributed by atoms with E-state index in [4.69, 9.17) is 11.6 Å². The number of nitrogens with one attached hydrogen (secondary N) is 3. The molecule has 1 amide bonds. The first kappa shape index (κ1) is 24.2. The number of hydrogen-bond donors (Lipinski definition) is 3. The van der Waals surface area contributed by atoms with Gasteiger partial charge in [0.05, 0.1) is 6.54 Å². The summed E-state index contributed by atoms with van der Waals surface area (Å²) in [5.41, 5.74) is 2.46. The zero-order valence-electron chi connectivity index (χ0n) is 15.9. The van der Waals surface area contributed by atoms with Gasteiger partial charge in [-0.25, -0.2) is 9.38 Å². The van der Waals surface area contributed by atoms with Crippen LogP contribution in [0.25, 0.3) is 0 Å². The molecular formula is C20H25ClFIN4O. The van der Waals surface area contributed by atoms with Crippen LogP contribution in [0.3, 0.4) is 0 Å². The first-order valence-corrected chi connectivity index (χ1v) is 9.19. The predicted octanol–water partition coefficient (Wildman–Crippen LogP) is 4.49. The third-order valence-electron chi connectivity index (χ3n) is 3.86. The Balaban J connectivity index is 0.00000392. The summed E-state index contributed by atoms with van der Waals surface area (Å²) in [5, 5.41) is 9.72. The Morgan fingerprint density at radius 2 is 1.86 bits per heavy atom. The fraction of sp³-hybridized carbons (Fsp3) is 0.300. The van der Waals surface area contributed by atoms with E-state index in [-0.39, 0.29) is 42.1 Å². The SMILES string of the molecule is CCNC(=NCc1ccc(F)cc1)NCCC(=O)Nc1cccc(Cl)c1C.I. The first-order chi connectivity index (χ1) is 13.0. The highest BCUT2D eigenvalue weighted by atomic mass is 127. The lowest BCUT2D eigenvalue weighted by atomic mass is 10.2. The molecule has 5 nitrogen and oxygen atoms in total. The number of carbonyl (C=O) groups is 1. The monoisotopic (exact) mass is 518 g/mol. The highest BCUT2D eigenvalue weighted by molar-refractivity contribution is 14.0. The Hall–Kier alpha value is -1.87. The first-order valence-electron chi connectivity index (χ1n) is 8.81. The fourth-order valence-corrected chi connectivity index (χ4v) is 2.53. The Bertz CT molecular complexity index is 799. The minimum Gasteiger partial charge on any atom is -0.357 e. The minimum absolute atomic E-state index is 0. The summed E-state index contributed by atoms with van der Waals surface area (Å²) in [6.07, 6.45) is 0.285. The normalized spacial score (nSPS) is 10.8. The number of benzene rings is 2. The van der Waals surface area contributed by atoms with Crippen LogP contribution in [-0.2, 0) is 11.3 Å². The van der Waals surface area contributed by atoms with Gasteiger partial charge in [0, 0.05) is 30.2 Å². The standard InChI is InChI=1S/C20H24ClFN4O.HI/c1-3-23-20(25-13-15-7-9-16(22)10-8-15)24-12-11-19(27)26-18-6-4-5-17(21)14(18)2;/h4-10H,3,11-13H2,1-2H3,(H,26,27)(H2,23,24,25);1H. The molecule has 0 bridgehead atoms. The molecule has 0 aliphatic rings. The van der Waals surface area contributed by atoms with Crippen molar-refractivity contribution in [1.82, 2.24) is 10.6 Å². The molecule has 2 aromatic rings. The lowest BCUT2D eigenvalue weighted by Crippen LogP contribution is -2.38. The van der Waals surface area contributed by atoms with Gasteiger partial charge in [-0.15, -0.1) is 24.0 Å². The van der Waals surface area contributed by atoms with Gasteiger partial charge in [-0.05, 0) is 49.2 Å². The molecule has 0 fully saturated rings. The van der Waals surface area contributed by atoms with Gasteiger partial charge in [0.15, 0.2) is 5.96 Å². The summed E-state index contributed by atoms with van der Waals surface area (Å²) in [7, 11) is 0. The van der Waals surface area contributed by atoms with E-state index in [1.807, 2.05) is 19.9 Å². The van der Waals surface area contributed by atoms with Crippen molar-refractivity contribution in [1.29, 1.82) is 0 Å². The van der Waals surface area contributed by atoms with Crippen LogP contribution in [0, 0.1) is 12.7 Å². The van der Waals surface area contributed by atoms with Crippen molar-refractivity contribution in [2.24, 2.45) is 4.99 Å². The van der Waals surface area contributed by atoms with E-state index < -0.39 is 0 Å². The molecule has 2 rings (SSSR count). The van der Waals surface area contributed by atoms with Crippen LogP contribution in [-0.4, -0.2) is 25.0 Å². The van der Waals surface area contributed by atoms with Gasteiger partial charge < -0.3 is 16.0 Å². The quantitative estimate of drug-likeness (QED) is 0.288. The van der Waals surface area contributed by atoms with Crippen LogP contribution >= 0.6 is 35.6 Å². The maximum Gasteiger partial charge on any atom is 0.226 e.